The molecule has 0 bridgehead atoms. The molecule has 5 fully saturated rings. The largest absolute Gasteiger partial charge is 0.391 e. The molecule has 5 heterocycles. The molecule has 15 rings (SSSR count). The normalized spacial score (nSPS) is 18.0. The predicted molar refractivity (Wildman–Crippen MR) is 498 cm³/mol. The van der Waals surface area contributed by atoms with Gasteiger partial charge in [-0.2, -0.15) is 65.9 Å². The van der Waals surface area contributed by atoms with Gasteiger partial charge >= 0.3 is 30.9 Å². The molecule has 5 amide bonds. The Morgan fingerprint density at radius 2 is 0.478 bits per heavy atom. The third-order valence-electron chi connectivity index (χ3n) is 26.8. The number of hydrogen-bond donors (Lipinski definition) is 5. The quantitative estimate of drug-likeness (QED) is 0.0342. The lowest BCUT2D eigenvalue weighted by molar-refractivity contribution is -0.150. The molecule has 0 aliphatic heterocycles. The number of hydrogen-bond acceptors (Lipinski definition) is 10. The molecule has 5 atom stereocenters. The summed E-state index contributed by atoms with van der Waals surface area (Å²) in [6.45, 7) is 11.4. The first-order valence-electron chi connectivity index (χ1n) is 47.3. The van der Waals surface area contributed by atoms with Crippen LogP contribution in [0, 0.1) is 49.3 Å². The number of nitrogens with zero attached hydrogens (tertiary/aromatic N) is 5. The highest BCUT2D eigenvalue weighted by molar-refractivity contribution is 6.01. The number of benzene rings is 5. The number of carbonyl (C=O) groups is 5. The van der Waals surface area contributed by atoms with Crippen LogP contribution in [0.5, 0.6) is 0 Å². The van der Waals surface area contributed by atoms with Gasteiger partial charge in [0.05, 0.1) is 82.0 Å². The fraction of sp³-hybridized carbons (Fsp3) is 0.524. The molecule has 0 radical (unpaired) electrons. The van der Waals surface area contributed by atoms with Crippen molar-refractivity contribution in [2.45, 2.75) is 319 Å². The zero-order chi connectivity index (χ0) is 98.7. The van der Waals surface area contributed by atoms with Gasteiger partial charge in [-0.1, -0.05) is 233 Å². The van der Waals surface area contributed by atoms with Gasteiger partial charge in [0.2, 0.25) is 0 Å². The molecule has 5 aromatic carbocycles. The van der Waals surface area contributed by atoms with Crippen molar-refractivity contribution in [3.63, 3.8) is 0 Å². The molecule has 736 valence electrons. The standard InChI is InChI=1S/C22H27F3N2O.C21H24F4N2O.2C21H25F3N2O.C20H23F3N2O/c1-15-7-6-10-17-11-18(13-26-19(15)17)20(28)27-21(2,14-22(23,24)25)12-16-8-4-3-5-9-16;1-20(13-21(23,24)25,11-14-6-3-2-4-7-14)27-19(28)16-10-15-8-5-9-17(22)18(15)26-12-16;1-14-6-5-9-16-10-17(12-25-18(14)16)19(27)26-20(2,13-21(22,23)24)11-15-7-3-4-8-15;1-20(14-21(22,23)24,12-15-7-3-2-4-8-15)26-19(27)17-11-16-9-5-6-10-18(16)25-13-17;1-19(13-20(21,22)23,11-14-6-2-3-7-14)25-18(26)16-10-15-8-4-5-9-17(15)24-12-16/h6-7,10-11,13,16H,3-5,8-9,12,14H2,1-2H3,(H,27,28);5,8-10,12,14H,2-4,6-7,11,13H2,1H3,(H,27,28);5-6,9-10,12,15H,3-4,7-8,11,13H2,1-2H3,(H,26,27);5-6,9-11,13,15H,2-4,7-8,12,14H2,1H3,(H,26,27);4-5,8-10,12,14H,2-3,6-7,11,13H2,1H3,(H,25,26). The van der Waals surface area contributed by atoms with Gasteiger partial charge in [-0.3, -0.25) is 48.9 Å². The molecule has 5 aliphatic carbocycles. The summed E-state index contributed by atoms with van der Waals surface area (Å²) in [5, 5.41) is 16.9. The van der Waals surface area contributed by atoms with Gasteiger partial charge in [-0.25, -0.2) is 4.39 Å². The first-order chi connectivity index (χ1) is 63.9. The van der Waals surface area contributed by atoms with E-state index in [9.17, 15) is 94.2 Å². The van der Waals surface area contributed by atoms with Crippen LogP contribution >= 0.6 is 0 Å². The molecule has 10 aromatic rings. The summed E-state index contributed by atoms with van der Waals surface area (Å²) in [6.07, 6.45) is 4.74. The van der Waals surface area contributed by atoms with E-state index in [0.29, 0.717) is 31.1 Å². The highest BCUT2D eigenvalue weighted by atomic mass is 19.4. The molecule has 31 heteroatoms. The van der Waals surface area contributed by atoms with Crippen LogP contribution in [0.1, 0.15) is 309 Å². The molecule has 0 saturated heterocycles. The second-order valence-corrected chi connectivity index (χ2v) is 40.0. The van der Waals surface area contributed by atoms with Crippen molar-refractivity contribution < 1.29 is 94.2 Å². The molecular formula is C105H124F16N10O5. The Bertz CT molecular complexity index is 5560. The van der Waals surface area contributed by atoms with Gasteiger partial charge in [0.25, 0.3) is 29.5 Å². The number of alkyl halides is 15. The number of amides is 5. The lowest BCUT2D eigenvalue weighted by atomic mass is 9.78. The first kappa shape index (κ1) is 106. The fourth-order valence-corrected chi connectivity index (χ4v) is 21.1. The molecule has 136 heavy (non-hydrogen) atoms. The van der Waals surface area contributed by atoms with E-state index in [1.807, 2.05) is 98.8 Å². The van der Waals surface area contributed by atoms with Crippen molar-refractivity contribution in [2.75, 3.05) is 0 Å². The second-order valence-electron chi connectivity index (χ2n) is 40.0. The van der Waals surface area contributed by atoms with Crippen LogP contribution in [-0.2, 0) is 0 Å². The van der Waals surface area contributed by atoms with Crippen LogP contribution in [0.15, 0.2) is 164 Å². The van der Waals surface area contributed by atoms with Crippen molar-refractivity contribution in [1.29, 1.82) is 0 Å². The van der Waals surface area contributed by atoms with Crippen LogP contribution in [0.3, 0.4) is 0 Å². The lowest BCUT2D eigenvalue weighted by Crippen LogP contribution is -2.50. The number of nitrogens with one attached hydrogen (secondary N) is 5. The summed E-state index contributed by atoms with van der Waals surface area (Å²) >= 11 is 0. The topological polar surface area (TPSA) is 210 Å². The Balaban J connectivity index is 0.000000163. The average molecular weight is 1910 g/mol. The Morgan fingerprint density at radius 3 is 0.735 bits per heavy atom. The van der Waals surface area contributed by atoms with Crippen molar-refractivity contribution in [1.82, 2.24) is 51.5 Å². The number of halogens is 16. The maximum atomic E-state index is 13.7. The van der Waals surface area contributed by atoms with Gasteiger partial charge in [0.15, 0.2) is 0 Å². The van der Waals surface area contributed by atoms with E-state index in [1.165, 1.54) is 83.8 Å². The SMILES string of the molecule is CC(CC1CCCC1)(CC(F)(F)F)NC(=O)c1cnc2ccccc2c1.CC(CC1CCCCC1)(CC(F)(F)F)NC(=O)c1cnc2c(F)cccc2c1.CC(CC1CCCCC1)(CC(F)(F)F)NC(=O)c1cnc2ccccc2c1.Cc1cccc2cc(C(=O)NC(C)(CC3CCCC3)CC(F)(F)F)cnc12.Cc1cccc2cc(C(=O)NC(C)(CC3CCCCC3)CC(F)(F)F)cnc12. The van der Waals surface area contributed by atoms with Crippen molar-refractivity contribution >= 4 is 84.1 Å². The zero-order valence-electron chi connectivity index (χ0n) is 78.1. The van der Waals surface area contributed by atoms with Crippen LogP contribution < -0.4 is 26.6 Å². The maximum Gasteiger partial charge on any atom is 0.391 e. The highest BCUT2D eigenvalue weighted by Crippen LogP contribution is 2.44. The van der Waals surface area contributed by atoms with Crippen LogP contribution in [-0.4, -0.2) is 113 Å². The molecular weight excluding hydrogens is 1790 g/mol. The second kappa shape index (κ2) is 45.8. The molecule has 5 aromatic heterocycles. The molecule has 5 saturated carbocycles. The van der Waals surface area contributed by atoms with E-state index < -0.39 is 126 Å². The summed E-state index contributed by atoms with van der Waals surface area (Å²) in [7, 11) is 0. The summed E-state index contributed by atoms with van der Waals surface area (Å²) in [5.74, 6) is -2.07. The lowest BCUT2D eigenvalue weighted by Gasteiger charge is -2.36. The Hall–Kier alpha value is -10.6. The summed E-state index contributed by atoms with van der Waals surface area (Å²) in [6, 6.07) is 38.5. The van der Waals surface area contributed by atoms with Crippen LogP contribution in [0.25, 0.3) is 54.5 Å². The van der Waals surface area contributed by atoms with E-state index in [0.717, 1.165) is 202 Å². The van der Waals surface area contributed by atoms with E-state index in [-0.39, 0.29) is 69.3 Å². The van der Waals surface area contributed by atoms with E-state index in [2.05, 4.69) is 51.5 Å². The molecule has 0 spiro atoms. The van der Waals surface area contributed by atoms with Crippen molar-refractivity contribution in [3.05, 3.63) is 209 Å². The fourth-order valence-electron chi connectivity index (χ4n) is 21.1. The number of para-hydroxylation sites is 5. The molecule has 5 aliphatic rings. The smallest absolute Gasteiger partial charge is 0.346 e. The summed E-state index contributed by atoms with van der Waals surface area (Å²) < 4.78 is 212. The third kappa shape index (κ3) is 33.1. The number of aromatic nitrogens is 5. The van der Waals surface area contributed by atoms with Gasteiger partial charge in [-0.05, 0) is 170 Å². The van der Waals surface area contributed by atoms with Crippen molar-refractivity contribution in [2.24, 2.45) is 29.6 Å². The monoisotopic (exact) mass is 1910 g/mol. The Kier molecular flexibility index (Phi) is 35.6. The van der Waals surface area contributed by atoms with Gasteiger partial charge in [0.1, 0.15) is 11.3 Å². The molecule has 5 unspecified atom stereocenters. The summed E-state index contributed by atoms with van der Waals surface area (Å²) in [4.78, 5) is 84.7. The van der Waals surface area contributed by atoms with Crippen LogP contribution in [0.4, 0.5) is 70.2 Å². The third-order valence-corrected chi connectivity index (χ3v) is 26.8. The van der Waals surface area contributed by atoms with Gasteiger partial charge in [0, 0.05) is 85.6 Å². The van der Waals surface area contributed by atoms with Gasteiger partial charge in [-0.15, -0.1) is 0 Å². The first-order valence-corrected chi connectivity index (χ1v) is 47.3. The average Bonchev–Trinajstić information content (AvgIpc) is 0.934. The van der Waals surface area contributed by atoms with E-state index >= 15 is 0 Å². The number of carbonyl (C=O) groups excluding carboxylic acids is 5. The van der Waals surface area contributed by atoms with Crippen LogP contribution in [0.2, 0.25) is 0 Å². The number of aryl methyl sites for hydroxylation is 2. The minimum atomic E-state index is -4.39. The van der Waals surface area contributed by atoms with Crippen molar-refractivity contribution in [3.8, 4) is 0 Å². The minimum Gasteiger partial charge on any atom is -0.346 e. The van der Waals surface area contributed by atoms with E-state index in [4.69, 9.17) is 0 Å². The van der Waals surface area contributed by atoms with E-state index in [1.54, 1.807) is 30.3 Å². The Morgan fingerprint density at radius 1 is 0.272 bits per heavy atom. The zero-order valence-corrected chi connectivity index (χ0v) is 78.1. The number of fused-ring (bicyclic) bond motifs is 5. The van der Waals surface area contributed by atoms with Gasteiger partial charge < -0.3 is 26.6 Å². The Labute approximate surface area is 783 Å². The molecule has 15 nitrogen and oxygen atoms in total. The summed E-state index contributed by atoms with van der Waals surface area (Å²) in [5.41, 5.74) is -0.226. The number of rotatable bonds is 25. The number of pyridine rings is 5. The predicted octanol–water partition coefficient (Wildman–Crippen LogP) is 28.2. The maximum absolute atomic E-state index is 13.7. The highest BCUT2D eigenvalue weighted by Gasteiger charge is 2.48. The minimum absolute atomic E-state index is 0.121. The molecule has 5 N–H and O–H groups in total.